The van der Waals surface area contributed by atoms with Crippen LogP contribution < -0.4 is 0 Å². The van der Waals surface area contributed by atoms with Crippen molar-refractivity contribution in [1.29, 1.82) is 0 Å². The molecule has 4 nitrogen and oxygen atoms in total. The molecule has 0 radical (unpaired) electrons. The second kappa shape index (κ2) is 4.01. The molecule has 2 fully saturated rings. The van der Waals surface area contributed by atoms with Crippen molar-refractivity contribution in [3.05, 3.63) is 0 Å². The standard InChI is InChI=1S/C12H17Cl2NO3/c1-10(2,3)18-9(17)15-5-4-11(7-15)6-8(16)12(11,13)14/h4-7H2,1-3H3. The Hall–Kier alpha value is -0.480. The van der Waals surface area contributed by atoms with E-state index in [0.29, 0.717) is 25.9 Å². The lowest BCUT2D eigenvalue weighted by atomic mass is 9.66. The van der Waals surface area contributed by atoms with Crippen molar-refractivity contribution >= 4 is 35.1 Å². The van der Waals surface area contributed by atoms with Crippen LogP contribution in [0.2, 0.25) is 0 Å². The Morgan fingerprint density at radius 3 is 2.44 bits per heavy atom. The van der Waals surface area contributed by atoms with E-state index in [9.17, 15) is 9.59 Å². The molecular formula is C12H17Cl2NO3. The molecule has 6 heteroatoms. The summed E-state index contributed by atoms with van der Waals surface area (Å²) in [6.07, 6.45) is 0.618. The summed E-state index contributed by atoms with van der Waals surface area (Å²) in [6.45, 7) is 6.37. The zero-order valence-corrected chi connectivity index (χ0v) is 12.3. The van der Waals surface area contributed by atoms with Crippen LogP contribution in [0.5, 0.6) is 0 Å². The predicted molar refractivity (Wildman–Crippen MR) is 68.9 cm³/mol. The number of Topliss-reactive ketones (excluding diaryl/α,β-unsaturated/α-hetero) is 1. The minimum absolute atomic E-state index is 0.156. The highest BCUT2D eigenvalue weighted by molar-refractivity contribution is 6.61. The zero-order chi connectivity index (χ0) is 13.8. The molecule has 1 atom stereocenters. The number of amides is 1. The molecule has 1 heterocycles. The highest BCUT2D eigenvalue weighted by Crippen LogP contribution is 2.59. The topological polar surface area (TPSA) is 46.6 Å². The summed E-state index contributed by atoms with van der Waals surface area (Å²) < 4.78 is 3.95. The highest BCUT2D eigenvalue weighted by Gasteiger charge is 2.67. The first-order chi connectivity index (χ1) is 8.07. The van der Waals surface area contributed by atoms with Crippen LogP contribution in [0.1, 0.15) is 33.6 Å². The van der Waals surface area contributed by atoms with Crippen LogP contribution in [-0.2, 0) is 9.53 Å². The van der Waals surface area contributed by atoms with Gasteiger partial charge in [0.2, 0.25) is 0 Å². The maximum Gasteiger partial charge on any atom is 0.410 e. The third-order valence-electron chi connectivity index (χ3n) is 3.52. The van der Waals surface area contributed by atoms with Crippen molar-refractivity contribution in [2.75, 3.05) is 13.1 Å². The first kappa shape index (κ1) is 13.9. The van der Waals surface area contributed by atoms with Gasteiger partial charge in [0.05, 0.1) is 0 Å². The lowest BCUT2D eigenvalue weighted by Gasteiger charge is -2.47. The minimum atomic E-state index is -1.34. The summed E-state index contributed by atoms with van der Waals surface area (Å²) in [7, 11) is 0. The third kappa shape index (κ3) is 2.10. The van der Waals surface area contributed by atoms with Crippen molar-refractivity contribution in [3.8, 4) is 0 Å². The van der Waals surface area contributed by atoms with E-state index in [1.807, 2.05) is 20.8 Å². The Morgan fingerprint density at radius 2 is 2.00 bits per heavy atom. The second-order valence-electron chi connectivity index (χ2n) is 6.11. The van der Waals surface area contributed by atoms with Gasteiger partial charge >= 0.3 is 6.09 Å². The van der Waals surface area contributed by atoms with E-state index >= 15 is 0 Å². The molecule has 102 valence electrons. The average Bonchev–Trinajstić information content (AvgIpc) is 2.62. The van der Waals surface area contributed by atoms with Gasteiger partial charge in [0.15, 0.2) is 10.1 Å². The van der Waals surface area contributed by atoms with Crippen LogP contribution in [0, 0.1) is 5.41 Å². The SMILES string of the molecule is CC(C)(C)OC(=O)N1CCC2(CC(=O)C2(Cl)Cl)C1. The van der Waals surface area contributed by atoms with Crippen LogP contribution in [-0.4, -0.2) is 39.8 Å². The summed E-state index contributed by atoms with van der Waals surface area (Å²) in [5.74, 6) is -0.156. The summed E-state index contributed by atoms with van der Waals surface area (Å²) in [4.78, 5) is 24.9. The van der Waals surface area contributed by atoms with Crippen molar-refractivity contribution in [1.82, 2.24) is 4.90 Å². The molecule has 0 aromatic rings. The second-order valence-corrected chi connectivity index (χ2v) is 7.43. The number of nitrogens with zero attached hydrogens (tertiary/aromatic N) is 1. The van der Waals surface area contributed by atoms with Crippen LogP contribution in [0.15, 0.2) is 0 Å². The molecule has 1 amide bonds. The Kier molecular flexibility index (Phi) is 3.10. The normalized spacial score (nSPS) is 30.5. The van der Waals surface area contributed by atoms with E-state index in [-0.39, 0.29) is 11.9 Å². The fourth-order valence-electron chi connectivity index (χ4n) is 2.47. The molecule has 1 aliphatic heterocycles. The number of rotatable bonds is 0. The molecule has 1 saturated carbocycles. The molecule has 2 aliphatic rings. The molecule has 18 heavy (non-hydrogen) atoms. The quantitative estimate of drug-likeness (QED) is 0.645. The molecule has 1 unspecified atom stereocenters. The van der Waals surface area contributed by atoms with Crippen molar-refractivity contribution in [2.45, 2.75) is 43.5 Å². The largest absolute Gasteiger partial charge is 0.444 e. The highest BCUT2D eigenvalue weighted by atomic mass is 35.5. The number of carbonyl (C=O) groups excluding carboxylic acids is 2. The number of ketones is 1. The van der Waals surface area contributed by atoms with Gasteiger partial charge in [0, 0.05) is 24.9 Å². The maximum absolute atomic E-state index is 11.9. The van der Waals surface area contributed by atoms with E-state index in [0.717, 1.165) is 0 Å². The van der Waals surface area contributed by atoms with E-state index in [4.69, 9.17) is 27.9 Å². The van der Waals surface area contributed by atoms with Crippen molar-refractivity contribution in [3.63, 3.8) is 0 Å². The minimum Gasteiger partial charge on any atom is -0.444 e. The molecule has 0 bridgehead atoms. The summed E-state index contributed by atoms with van der Waals surface area (Å²) >= 11 is 12.1. The van der Waals surface area contributed by atoms with Crippen molar-refractivity contribution in [2.24, 2.45) is 5.41 Å². The Morgan fingerprint density at radius 1 is 1.39 bits per heavy atom. The number of hydrogen-bond acceptors (Lipinski definition) is 3. The van der Waals surface area contributed by atoms with Gasteiger partial charge in [0.1, 0.15) is 5.60 Å². The summed E-state index contributed by atoms with van der Waals surface area (Å²) in [5.41, 5.74) is -1.01. The number of ether oxygens (including phenoxy) is 1. The number of likely N-dealkylation sites (tertiary alicyclic amines) is 1. The van der Waals surface area contributed by atoms with Gasteiger partial charge in [-0.15, -0.1) is 0 Å². The van der Waals surface area contributed by atoms with E-state index < -0.39 is 15.3 Å². The number of hydrogen-bond donors (Lipinski definition) is 0. The fourth-order valence-corrected chi connectivity index (χ4v) is 3.05. The molecule has 0 aromatic heterocycles. The summed E-state index contributed by atoms with van der Waals surface area (Å²) in [5, 5.41) is 0. The van der Waals surface area contributed by atoms with E-state index in [1.165, 1.54) is 0 Å². The monoisotopic (exact) mass is 293 g/mol. The predicted octanol–water partition coefficient (Wildman–Crippen LogP) is 2.76. The number of carbonyl (C=O) groups is 2. The van der Waals surface area contributed by atoms with Crippen LogP contribution in [0.25, 0.3) is 0 Å². The number of halogens is 2. The zero-order valence-electron chi connectivity index (χ0n) is 10.8. The van der Waals surface area contributed by atoms with Crippen LogP contribution in [0.4, 0.5) is 4.79 Å². The van der Waals surface area contributed by atoms with Gasteiger partial charge < -0.3 is 9.64 Å². The molecule has 1 aliphatic carbocycles. The Bertz CT molecular complexity index is 403. The molecule has 0 N–H and O–H groups in total. The van der Waals surface area contributed by atoms with Gasteiger partial charge in [-0.3, -0.25) is 4.79 Å². The summed E-state index contributed by atoms with van der Waals surface area (Å²) in [6, 6.07) is 0. The van der Waals surface area contributed by atoms with E-state index in [2.05, 4.69) is 0 Å². The van der Waals surface area contributed by atoms with Gasteiger partial charge in [0.25, 0.3) is 0 Å². The van der Waals surface area contributed by atoms with Crippen molar-refractivity contribution < 1.29 is 14.3 Å². The lowest BCUT2D eigenvalue weighted by molar-refractivity contribution is -0.133. The fraction of sp³-hybridized carbons (Fsp3) is 0.833. The third-order valence-corrected chi connectivity index (χ3v) is 4.74. The molecule has 2 rings (SSSR count). The molecule has 1 saturated heterocycles. The van der Waals surface area contributed by atoms with Gasteiger partial charge in [-0.2, -0.15) is 0 Å². The Balaban J connectivity index is 2.02. The smallest absolute Gasteiger partial charge is 0.410 e. The van der Waals surface area contributed by atoms with E-state index in [1.54, 1.807) is 4.90 Å². The Labute approximate surface area is 117 Å². The molecule has 1 spiro atoms. The molecule has 0 aromatic carbocycles. The maximum atomic E-state index is 11.9. The van der Waals surface area contributed by atoms with Gasteiger partial charge in [-0.1, -0.05) is 23.2 Å². The van der Waals surface area contributed by atoms with Gasteiger partial charge in [-0.05, 0) is 27.2 Å². The van der Waals surface area contributed by atoms with Crippen LogP contribution in [0.3, 0.4) is 0 Å². The average molecular weight is 294 g/mol. The first-order valence-electron chi connectivity index (χ1n) is 5.96. The number of alkyl halides is 2. The lowest BCUT2D eigenvalue weighted by Crippen LogP contribution is -2.59. The van der Waals surface area contributed by atoms with Crippen LogP contribution >= 0.6 is 23.2 Å². The molecular weight excluding hydrogens is 277 g/mol. The first-order valence-corrected chi connectivity index (χ1v) is 6.72. The van der Waals surface area contributed by atoms with Gasteiger partial charge in [-0.25, -0.2) is 4.79 Å².